The molecule has 0 atom stereocenters. The Morgan fingerprint density at radius 2 is 1.79 bits per heavy atom. The molecule has 0 saturated carbocycles. The van der Waals surface area contributed by atoms with Gasteiger partial charge in [0.2, 0.25) is 0 Å². The second-order valence-corrected chi connectivity index (χ2v) is 6.97. The molecule has 128 valence electrons. The number of aryl methyl sites for hydroxylation is 1. The maximum Gasteiger partial charge on any atom is 0.0693 e. The van der Waals surface area contributed by atoms with Crippen LogP contribution in [0.5, 0.6) is 0 Å². The molecule has 1 aliphatic rings. The van der Waals surface area contributed by atoms with Crippen LogP contribution in [-0.4, -0.2) is 37.2 Å². The lowest BCUT2D eigenvalue weighted by Gasteiger charge is -2.42. The lowest BCUT2D eigenvalue weighted by molar-refractivity contribution is 0.0860. The van der Waals surface area contributed by atoms with Gasteiger partial charge < -0.3 is 10.1 Å². The molecule has 0 spiro atoms. The Bertz CT molecular complexity index is 633. The van der Waals surface area contributed by atoms with Gasteiger partial charge in [-0.2, -0.15) is 0 Å². The van der Waals surface area contributed by atoms with E-state index in [1.54, 1.807) is 7.11 Å². The number of hydrogen-bond donors (Lipinski definition) is 1. The van der Waals surface area contributed by atoms with Crippen LogP contribution in [0.4, 0.5) is 5.69 Å². The Morgan fingerprint density at radius 3 is 2.46 bits per heavy atom. The molecular formula is C21H28N2O. The SMILES string of the molecule is COCC1(Nc2cccc(C)c2)CCN(Cc2ccccc2)CC1. The minimum Gasteiger partial charge on any atom is -0.382 e. The summed E-state index contributed by atoms with van der Waals surface area (Å²) >= 11 is 0. The van der Waals surface area contributed by atoms with Gasteiger partial charge in [0, 0.05) is 32.4 Å². The molecule has 2 aromatic carbocycles. The van der Waals surface area contributed by atoms with Gasteiger partial charge in [-0.05, 0) is 43.0 Å². The van der Waals surface area contributed by atoms with Crippen molar-refractivity contribution in [2.24, 2.45) is 0 Å². The summed E-state index contributed by atoms with van der Waals surface area (Å²) in [5, 5.41) is 3.77. The Labute approximate surface area is 145 Å². The van der Waals surface area contributed by atoms with Gasteiger partial charge in [0.15, 0.2) is 0 Å². The highest BCUT2D eigenvalue weighted by molar-refractivity contribution is 5.48. The minimum absolute atomic E-state index is 0.0374. The summed E-state index contributed by atoms with van der Waals surface area (Å²) in [6.07, 6.45) is 2.20. The topological polar surface area (TPSA) is 24.5 Å². The lowest BCUT2D eigenvalue weighted by atomic mass is 9.87. The van der Waals surface area contributed by atoms with Crippen LogP contribution in [0.25, 0.3) is 0 Å². The Morgan fingerprint density at radius 1 is 1.04 bits per heavy atom. The molecule has 3 heteroatoms. The quantitative estimate of drug-likeness (QED) is 0.866. The second-order valence-electron chi connectivity index (χ2n) is 6.97. The molecule has 3 rings (SSSR count). The fourth-order valence-corrected chi connectivity index (χ4v) is 3.59. The van der Waals surface area contributed by atoms with Crippen LogP contribution in [-0.2, 0) is 11.3 Å². The molecule has 0 radical (unpaired) electrons. The van der Waals surface area contributed by atoms with Gasteiger partial charge >= 0.3 is 0 Å². The highest BCUT2D eigenvalue weighted by Crippen LogP contribution is 2.28. The van der Waals surface area contributed by atoms with Crippen molar-refractivity contribution in [2.75, 3.05) is 32.1 Å². The van der Waals surface area contributed by atoms with Gasteiger partial charge in [0.1, 0.15) is 0 Å². The number of ether oxygens (including phenoxy) is 1. The first-order valence-electron chi connectivity index (χ1n) is 8.79. The summed E-state index contributed by atoms with van der Waals surface area (Å²) in [7, 11) is 1.80. The van der Waals surface area contributed by atoms with Gasteiger partial charge in [-0.1, -0.05) is 42.5 Å². The van der Waals surface area contributed by atoms with Gasteiger partial charge in [-0.25, -0.2) is 0 Å². The predicted octanol–water partition coefficient (Wildman–Crippen LogP) is 4.09. The Kier molecular flexibility index (Phi) is 5.54. The Hall–Kier alpha value is -1.84. The van der Waals surface area contributed by atoms with Crippen LogP contribution in [0.2, 0.25) is 0 Å². The molecule has 3 nitrogen and oxygen atoms in total. The second kappa shape index (κ2) is 7.82. The number of likely N-dealkylation sites (tertiary alicyclic amines) is 1. The third-order valence-electron chi connectivity index (χ3n) is 4.91. The van der Waals surface area contributed by atoms with Crippen LogP contribution >= 0.6 is 0 Å². The van der Waals surface area contributed by atoms with Crippen molar-refractivity contribution in [3.63, 3.8) is 0 Å². The summed E-state index contributed by atoms with van der Waals surface area (Å²) in [5.74, 6) is 0. The van der Waals surface area contributed by atoms with E-state index in [-0.39, 0.29) is 5.54 Å². The molecule has 1 N–H and O–H groups in total. The summed E-state index contributed by atoms with van der Waals surface area (Å²) in [5.41, 5.74) is 3.91. The normalized spacial score (nSPS) is 17.6. The largest absolute Gasteiger partial charge is 0.382 e. The minimum atomic E-state index is 0.0374. The third-order valence-corrected chi connectivity index (χ3v) is 4.91. The average Bonchev–Trinajstić information content (AvgIpc) is 2.58. The summed E-state index contributed by atoms with van der Waals surface area (Å²) < 4.78 is 5.56. The number of rotatable bonds is 6. The maximum atomic E-state index is 5.56. The highest BCUT2D eigenvalue weighted by Gasteiger charge is 2.34. The zero-order chi connectivity index (χ0) is 16.8. The number of nitrogens with one attached hydrogen (secondary N) is 1. The standard InChI is InChI=1S/C21H28N2O/c1-18-7-6-10-20(15-18)22-21(17-24-2)11-13-23(14-12-21)16-19-8-4-3-5-9-19/h3-10,15,22H,11-14,16-17H2,1-2H3. The third kappa shape index (κ3) is 4.37. The monoisotopic (exact) mass is 324 g/mol. The van der Waals surface area contributed by atoms with Crippen LogP contribution in [0.15, 0.2) is 54.6 Å². The molecule has 0 aliphatic carbocycles. The van der Waals surface area contributed by atoms with Gasteiger partial charge in [0.25, 0.3) is 0 Å². The summed E-state index contributed by atoms with van der Waals surface area (Å²) in [4.78, 5) is 2.54. The number of hydrogen-bond acceptors (Lipinski definition) is 3. The molecule has 2 aromatic rings. The smallest absolute Gasteiger partial charge is 0.0693 e. The van der Waals surface area contributed by atoms with E-state index in [4.69, 9.17) is 4.74 Å². The van der Waals surface area contributed by atoms with Crippen molar-refractivity contribution in [1.82, 2.24) is 4.90 Å². The van der Waals surface area contributed by atoms with Gasteiger partial charge in [-0.3, -0.25) is 4.90 Å². The molecule has 0 bridgehead atoms. The number of anilines is 1. The average molecular weight is 324 g/mol. The van der Waals surface area contributed by atoms with E-state index in [1.165, 1.54) is 16.8 Å². The van der Waals surface area contributed by atoms with Crippen molar-refractivity contribution >= 4 is 5.69 Å². The lowest BCUT2D eigenvalue weighted by Crippen LogP contribution is -2.51. The molecule has 1 heterocycles. The van der Waals surface area contributed by atoms with Crippen molar-refractivity contribution in [2.45, 2.75) is 31.8 Å². The van der Waals surface area contributed by atoms with Gasteiger partial charge in [0.05, 0.1) is 12.1 Å². The van der Waals surface area contributed by atoms with Crippen LogP contribution in [0.1, 0.15) is 24.0 Å². The summed E-state index contributed by atoms with van der Waals surface area (Å²) in [6, 6.07) is 19.4. The highest BCUT2D eigenvalue weighted by atomic mass is 16.5. The molecule has 1 aliphatic heterocycles. The molecule has 1 fully saturated rings. The van der Waals surface area contributed by atoms with E-state index in [9.17, 15) is 0 Å². The fraction of sp³-hybridized carbons (Fsp3) is 0.429. The van der Waals surface area contributed by atoms with Gasteiger partial charge in [-0.15, -0.1) is 0 Å². The molecule has 0 aromatic heterocycles. The van der Waals surface area contributed by atoms with E-state index in [0.717, 1.165) is 39.1 Å². The maximum absolute atomic E-state index is 5.56. The van der Waals surface area contributed by atoms with Crippen LogP contribution in [0, 0.1) is 6.92 Å². The fourth-order valence-electron chi connectivity index (χ4n) is 3.59. The van der Waals surface area contributed by atoms with E-state index >= 15 is 0 Å². The summed E-state index contributed by atoms with van der Waals surface area (Å²) in [6.45, 7) is 6.11. The first-order valence-corrected chi connectivity index (χ1v) is 8.79. The van der Waals surface area contributed by atoms with Crippen LogP contribution in [0.3, 0.4) is 0 Å². The van der Waals surface area contributed by atoms with Crippen molar-refractivity contribution in [1.29, 1.82) is 0 Å². The van der Waals surface area contributed by atoms with E-state index in [1.807, 2.05) is 0 Å². The number of methoxy groups -OCH3 is 1. The first-order chi connectivity index (χ1) is 11.7. The van der Waals surface area contributed by atoms with Crippen molar-refractivity contribution in [3.8, 4) is 0 Å². The molecule has 0 unspecified atom stereocenters. The zero-order valence-corrected chi connectivity index (χ0v) is 14.8. The first kappa shape index (κ1) is 17.0. The van der Waals surface area contributed by atoms with Crippen molar-refractivity contribution in [3.05, 3.63) is 65.7 Å². The van der Waals surface area contributed by atoms with Crippen LogP contribution < -0.4 is 5.32 Å². The van der Waals surface area contributed by atoms with E-state index in [0.29, 0.717) is 0 Å². The molecule has 24 heavy (non-hydrogen) atoms. The zero-order valence-electron chi connectivity index (χ0n) is 14.8. The van der Waals surface area contributed by atoms with Crippen molar-refractivity contribution < 1.29 is 4.74 Å². The number of piperidine rings is 1. The predicted molar refractivity (Wildman–Crippen MR) is 100 cm³/mol. The number of nitrogens with zero attached hydrogens (tertiary/aromatic N) is 1. The molecule has 1 saturated heterocycles. The van der Waals surface area contributed by atoms with E-state index in [2.05, 4.69) is 71.7 Å². The Balaban J connectivity index is 1.63. The molecule has 0 amide bonds. The van der Waals surface area contributed by atoms with E-state index < -0.39 is 0 Å². The number of benzene rings is 2. The molecular weight excluding hydrogens is 296 g/mol.